The predicted molar refractivity (Wildman–Crippen MR) is 77.5 cm³/mol. The molecule has 2 rings (SSSR count). The van der Waals surface area contributed by atoms with E-state index in [-0.39, 0.29) is 5.91 Å². The van der Waals surface area contributed by atoms with Crippen LogP contribution in [0.15, 0.2) is 0 Å². The highest BCUT2D eigenvalue weighted by Crippen LogP contribution is 2.22. The average Bonchev–Trinajstić information content (AvgIpc) is 2.46. The summed E-state index contributed by atoms with van der Waals surface area (Å²) in [4.78, 5) is 13.9. The first-order chi connectivity index (χ1) is 9.59. The number of piperidine rings is 1. The quantitative estimate of drug-likeness (QED) is 0.783. The fourth-order valence-electron chi connectivity index (χ4n) is 3.13. The molecule has 5 nitrogen and oxygen atoms in total. The van der Waals surface area contributed by atoms with Gasteiger partial charge in [-0.3, -0.25) is 4.79 Å². The van der Waals surface area contributed by atoms with Crippen molar-refractivity contribution in [3.8, 4) is 0 Å². The maximum Gasteiger partial charge on any atom is 0.222 e. The minimum atomic E-state index is -0.753. The molecular weight excluding hydrogens is 256 g/mol. The fourth-order valence-corrected chi connectivity index (χ4v) is 3.13. The van der Waals surface area contributed by atoms with E-state index in [2.05, 4.69) is 5.32 Å². The van der Waals surface area contributed by atoms with E-state index >= 15 is 0 Å². The van der Waals surface area contributed by atoms with Crippen molar-refractivity contribution >= 4 is 5.91 Å². The van der Waals surface area contributed by atoms with Gasteiger partial charge in [0, 0.05) is 46.1 Å². The Labute approximate surface area is 121 Å². The summed E-state index contributed by atoms with van der Waals surface area (Å²) in [6.45, 7) is 3.77. The van der Waals surface area contributed by atoms with Crippen molar-refractivity contribution in [2.24, 2.45) is 5.92 Å². The number of nitrogens with zero attached hydrogens (tertiary/aromatic N) is 1. The van der Waals surface area contributed by atoms with Gasteiger partial charge in [-0.2, -0.15) is 0 Å². The minimum absolute atomic E-state index is 0.156. The molecule has 0 unspecified atom stereocenters. The molecule has 0 aromatic heterocycles. The van der Waals surface area contributed by atoms with E-state index in [1.165, 1.54) is 12.8 Å². The normalized spacial score (nSPS) is 23.5. The Morgan fingerprint density at radius 3 is 2.65 bits per heavy atom. The second kappa shape index (κ2) is 7.38. The van der Waals surface area contributed by atoms with Crippen molar-refractivity contribution in [3.05, 3.63) is 0 Å². The van der Waals surface area contributed by atoms with Crippen LogP contribution in [0.2, 0.25) is 0 Å². The van der Waals surface area contributed by atoms with E-state index in [9.17, 15) is 9.90 Å². The summed E-state index contributed by atoms with van der Waals surface area (Å²) in [6.07, 6.45) is 5.19. The largest absolute Gasteiger partial charge is 0.388 e. The zero-order valence-corrected chi connectivity index (χ0v) is 12.6. The second-order valence-corrected chi connectivity index (χ2v) is 6.32. The zero-order valence-electron chi connectivity index (χ0n) is 12.6. The molecule has 0 spiro atoms. The van der Waals surface area contributed by atoms with E-state index in [1.54, 1.807) is 11.9 Å². The van der Waals surface area contributed by atoms with Crippen LogP contribution >= 0.6 is 0 Å². The third kappa shape index (κ3) is 4.72. The van der Waals surface area contributed by atoms with Crippen molar-refractivity contribution in [1.82, 2.24) is 10.2 Å². The first-order valence-electron chi connectivity index (χ1n) is 7.84. The van der Waals surface area contributed by atoms with Crippen LogP contribution in [0.3, 0.4) is 0 Å². The molecule has 2 aliphatic heterocycles. The Morgan fingerprint density at radius 1 is 1.35 bits per heavy atom. The maximum absolute atomic E-state index is 12.2. The molecule has 2 heterocycles. The van der Waals surface area contributed by atoms with Gasteiger partial charge >= 0.3 is 0 Å². The number of carbonyl (C=O) groups is 1. The highest BCUT2D eigenvalue weighted by molar-refractivity contribution is 5.75. The lowest BCUT2D eigenvalue weighted by molar-refractivity contribution is -0.137. The first-order valence-corrected chi connectivity index (χ1v) is 7.84. The van der Waals surface area contributed by atoms with Gasteiger partial charge in [0.05, 0.1) is 5.60 Å². The number of nitrogens with one attached hydrogen (secondary N) is 1. The maximum atomic E-state index is 12.2. The average molecular weight is 284 g/mol. The molecule has 0 radical (unpaired) electrons. The van der Waals surface area contributed by atoms with Gasteiger partial charge in [0.15, 0.2) is 0 Å². The van der Waals surface area contributed by atoms with E-state index < -0.39 is 5.60 Å². The molecule has 5 heteroatoms. The van der Waals surface area contributed by atoms with Gasteiger partial charge in [-0.25, -0.2) is 0 Å². The molecule has 0 aliphatic carbocycles. The second-order valence-electron chi connectivity index (χ2n) is 6.32. The molecule has 2 aliphatic rings. The highest BCUT2D eigenvalue weighted by Gasteiger charge is 2.32. The molecule has 2 fully saturated rings. The van der Waals surface area contributed by atoms with Gasteiger partial charge in [0.2, 0.25) is 5.91 Å². The number of carbonyl (C=O) groups excluding carboxylic acids is 1. The van der Waals surface area contributed by atoms with E-state index in [4.69, 9.17) is 4.74 Å². The van der Waals surface area contributed by atoms with Crippen LogP contribution in [0.5, 0.6) is 0 Å². The van der Waals surface area contributed by atoms with Crippen molar-refractivity contribution in [1.29, 1.82) is 0 Å². The van der Waals surface area contributed by atoms with Gasteiger partial charge in [-0.05, 0) is 38.3 Å². The molecule has 0 aromatic rings. The van der Waals surface area contributed by atoms with Crippen LogP contribution in [0, 0.1) is 5.92 Å². The summed E-state index contributed by atoms with van der Waals surface area (Å²) in [5.74, 6) is 0.836. The Morgan fingerprint density at radius 2 is 2.00 bits per heavy atom. The molecule has 2 saturated heterocycles. The Kier molecular flexibility index (Phi) is 5.81. The Balaban J connectivity index is 1.70. The van der Waals surface area contributed by atoms with E-state index in [0.29, 0.717) is 44.9 Å². The number of aliphatic hydroxyl groups is 1. The van der Waals surface area contributed by atoms with Gasteiger partial charge in [0.1, 0.15) is 0 Å². The third-order valence-electron chi connectivity index (χ3n) is 4.61. The summed E-state index contributed by atoms with van der Waals surface area (Å²) in [5.41, 5.74) is -0.753. The van der Waals surface area contributed by atoms with Crippen molar-refractivity contribution in [2.75, 3.05) is 39.9 Å². The van der Waals surface area contributed by atoms with Crippen LogP contribution in [0.4, 0.5) is 0 Å². The number of likely N-dealkylation sites (N-methyl/N-ethyl adjacent to an activating group) is 1. The Bertz CT molecular complexity index is 310. The summed E-state index contributed by atoms with van der Waals surface area (Å²) in [5, 5.41) is 13.8. The molecule has 0 bridgehead atoms. The number of rotatable bonds is 5. The molecule has 0 atom stereocenters. The molecule has 0 aromatic carbocycles. The Hall–Kier alpha value is -0.650. The lowest BCUT2D eigenvalue weighted by Gasteiger charge is -2.35. The van der Waals surface area contributed by atoms with Crippen LogP contribution in [0.1, 0.15) is 38.5 Å². The molecule has 116 valence electrons. The first kappa shape index (κ1) is 15.7. The number of amides is 1. The third-order valence-corrected chi connectivity index (χ3v) is 4.61. The van der Waals surface area contributed by atoms with Crippen LogP contribution in [-0.2, 0) is 9.53 Å². The van der Waals surface area contributed by atoms with E-state index in [0.717, 1.165) is 19.5 Å². The summed E-state index contributed by atoms with van der Waals surface area (Å²) >= 11 is 0. The number of ether oxygens (including phenoxy) is 1. The molecule has 2 N–H and O–H groups in total. The standard InChI is InChI=1S/C15H28N2O3/c1-17(12-15(19)6-10-20-11-7-15)14(18)3-2-13-4-8-16-9-5-13/h13,16,19H,2-12H2,1H3. The molecule has 20 heavy (non-hydrogen) atoms. The van der Waals surface area contributed by atoms with Gasteiger partial charge in [-0.15, -0.1) is 0 Å². The minimum Gasteiger partial charge on any atom is -0.388 e. The van der Waals surface area contributed by atoms with Crippen molar-refractivity contribution < 1.29 is 14.6 Å². The highest BCUT2D eigenvalue weighted by atomic mass is 16.5. The van der Waals surface area contributed by atoms with Gasteiger partial charge in [-0.1, -0.05) is 0 Å². The van der Waals surface area contributed by atoms with Crippen LogP contribution in [-0.4, -0.2) is 61.4 Å². The fraction of sp³-hybridized carbons (Fsp3) is 0.933. The summed E-state index contributed by atoms with van der Waals surface area (Å²) in [7, 11) is 1.80. The SMILES string of the molecule is CN(CC1(O)CCOCC1)C(=O)CCC1CCNCC1. The summed E-state index contributed by atoms with van der Waals surface area (Å²) < 4.78 is 5.26. The van der Waals surface area contributed by atoms with Crippen molar-refractivity contribution in [2.45, 2.75) is 44.1 Å². The van der Waals surface area contributed by atoms with E-state index in [1.807, 2.05) is 0 Å². The van der Waals surface area contributed by atoms with Gasteiger partial charge < -0.3 is 20.1 Å². The van der Waals surface area contributed by atoms with Crippen LogP contribution < -0.4 is 5.32 Å². The topological polar surface area (TPSA) is 61.8 Å². The number of hydrogen-bond acceptors (Lipinski definition) is 4. The lowest BCUT2D eigenvalue weighted by atomic mass is 9.92. The summed E-state index contributed by atoms with van der Waals surface area (Å²) in [6, 6.07) is 0. The monoisotopic (exact) mass is 284 g/mol. The van der Waals surface area contributed by atoms with Crippen molar-refractivity contribution in [3.63, 3.8) is 0 Å². The zero-order chi connectivity index (χ0) is 14.4. The molecular formula is C15H28N2O3. The number of hydrogen-bond donors (Lipinski definition) is 2. The smallest absolute Gasteiger partial charge is 0.222 e. The molecule has 1 amide bonds. The van der Waals surface area contributed by atoms with Gasteiger partial charge in [0.25, 0.3) is 0 Å². The predicted octanol–water partition coefficient (Wildman–Crippen LogP) is 0.766. The molecule has 0 saturated carbocycles. The van der Waals surface area contributed by atoms with Crippen LogP contribution in [0.25, 0.3) is 0 Å². The lowest BCUT2D eigenvalue weighted by Crippen LogP contribution is -2.47.